The molecule has 0 unspecified atom stereocenters. The lowest BCUT2D eigenvalue weighted by Gasteiger charge is -2.30. The van der Waals surface area contributed by atoms with Crippen molar-refractivity contribution >= 4 is 110 Å². The number of fused-ring (bicyclic) bond motifs is 6. The summed E-state index contributed by atoms with van der Waals surface area (Å²) in [4.78, 5) is 5.05. The van der Waals surface area contributed by atoms with Gasteiger partial charge in [0.05, 0.1) is 22.7 Å². The molecule has 10 aromatic carbocycles. The zero-order valence-corrected chi connectivity index (χ0v) is 47.0. The minimum Gasteiger partial charge on any atom is -0.454 e. The zero-order chi connectivity index (χ0) is 53.4. The predicted molar refractivity (Wildman–Crippen MR) is 342 cm³/mol. The Balaban J connectivity index is 0.897. The summed E-state index contributed by atoms with van der Waals surface area (Å²) in [5.41, 5.74) is 16.5. The molecular weight excluding hydrogens is 985 g/mol. The van der Waals surface area contributed by atoms with Crippen molar-refractivity contribution in [3.8, 4) is 0 Å². The second-order valence-electron chi connectivity index (χ2n) is 25.1. The standard InChI is InChI=1S/C77H74N2O2/c1-2-7-19-50(18-6-1)52-34-42-58(43-35-52)78(70-32-16-30-64-62-28-14-26-60(74(62)80-76(64)70)54-22-10-4-11-23-54)68-48-40-56-39-47-67-69(49-41-57-38-46-66(68)72(56)73(57)67)79(59-44-36-53(37-45-59)51-20-8-3-9-21-51)71-33-17-31-65-63-29-15-27-61(75(63)81-77(65)71)55-24-12-5-13-25-55/h14-17,26-51,54-55H,1-13,18-25H2. The van der Waals surface area contributed by atoms with Gasteiger partial charge in [0.1, 0.15) is 11.2 Å². The van der Waals surface area contributed by atoms with Crippen LogP contribution in [-0.2, 0) is 0 Å². The lowest BCUT2D eigenvalue weighted by Crippen LogP contribution is -2.12. The molecule has 81 heavy (non-hydrogen) atoms. The van der Waals surface area contributed by atoms with Crippen molar-refractivity contribution in [1.82, 2.24) is 0 Å². The number of rotatable bonds is 10. The summed E-state index contributed by atoms with van der Waals surface area (Å²) < 4.78 is 14.7. The first kappa shape index (κ1) is 49.3. The molecule has 0 atom stereocenters. The Bertz CT molecular complexity index is 4250. The summed E-state index contributed by atoms with van der Waals surface area (Å²) >= 11 is 0. The molecule has 4 fully saturated rings. The van der Waals surface area contributed by atoms with Gasteiger partial charge in [-0.3, -0.25) is 0 Å². The SMILES string of the molecule is c1cc(C2CCCCC2)c2oc3c(N(c4ccc(C5CCCCCC5)cc4)c4ccc5ccc6c(N(c7ccc(C8CCCCC8)cc7)c7cccc8c7oc7c(C9CCCCC9)cccc78)ccc7ccc4c5c76)cccc3c2c1. The summed E-state index contributed by atoms with van der Waals surface area (Å²) in [5.74, 6) is 2.30. The van der Waals surface area contributed by atoms with Gasteiger partial charge in [0, 0.05) is 43.7 Å². The fourth-order valence-corrected chi connectivity index (χ4v) is 16.3. The van der Waals surface area contributed by atoms with Gasteiger partial charge in [-0.15, -0.1) is 0 Å². The molecule has 404 valence electrons. The molecule has 0 amide bonds. The van der Waals surface area contributed by atoms with Crippen molar-refractivity contribution in [1.29, 1.82) is 0 Å². The Labute approximate surface area is 477 Å². The van der Waals surface area contributed by atoms with Crippen molar-refractivity contribution in [2.75, 3.05) is 9.80 Å². The van der Waals surface area contributed by atoms with E-state index in [0.717, 1.165) is 56.5 Å². The van der Waals surface area contributed by atoms with E-state index in [1.165, 1.54) is 211 Å². The van der Waals surface area contributed by atoms with E-state index in [0.29, 0.717) is 23.7 Å². The summed E-state index contributed by atoms with van der Waals surface area (Å²) in [7, 11) is 0. The minimum atomic E-state index is 0.532. The van der Waals surface area contributed by atoms with Crippen LogP contribution in [-0.4, -0.2) is 0 Å². The Hall–Kier alpha value is -7.56. The highest BCUT2D eigenvalue weighted by Gasteiger charge is 2.29. The molecule has 4 aliphatic rings. The van der Waals surface area contributed by atoms with Gasteiger partial charge in [-0.2, -0.15) is 0 Å². The topological polar surface area (TPSA) is 32.8 Å². The van der Waals surface area contributed by atoms with E-state index >= 15 is 0 Å². The molecule has 4 heteroatoms. The quantitative estimate of drug-likeness (QED) is 0.101. The van der Waals surface area contributed by atoms with Gasteiger partial charge in [0.2, 0.25) is 0 Å². The highest BCUT2D eigenvalue weighted by Crippen LogP contribution is 2.52. The van der Waals surface area contributed by atoms with Gasteiger partial charge in [0.15, 0.2) is 11.2 Å². The van der Waals surface area contributed by atoms with Crippen LogP contribution in [0.2, 0.25) is 0 Å². The maximum atomic E-state index is 7.35. The molecule has 12 aromatic rings. The molecule has 4 aliphatic carbocycles. The fourth-order valence-electron chi connectivity index (χ4n) is 16.3. The van der Waals surface area contributed by atoms with Crippen LogP contribution < -0.4 is 9.80 Å². The van der Waals surface area contributed by atoms with E-state index in [1.54, 1.807) is 0 Å². The lowest BCUT2D eigenvalue weighted by molar-refractivity contribution is 0.442. The minimum absolute atomic E-state index is 0.532. The molecule has 0 radical (unpaired) electrons. The number of furan rings is 2. The van der Waals surface area contributed by atoms with Crippen LogP contribution >= 0.6 is 0 Å². The maximum absolute atomic E-state index is 7.35. The first-order chi connectivity index (χ1) is 40.2. The number of hydrogen-bond donors (Lipinski definition) is 0. The van der Waals surface area contributed by atoms with Gasteiger partial charge in [-0.05, 0) is 167 Å². The third-order valence-corrected chi connectivity index (χ3v) is 20.4. The number of anilines is 6. The van der Waals surface area contributed by atoms with Crippen LogP contribution in [0, 0.1) is 0 Å². The van der Waals surface area contributed by atoms with Crippen molar-refractivity contribution in [3.63, 3.8) is 0 Å². The first-order valence-electron chi connectivity index (χ1n) is 31.6. The van der Waals surface area contributed by atoms with Crippen LogP contribution in [0.5, 0.6) is 0 Å². The number of hydrogen-bond acceptors (Lipinski definition) is 4. The Morgan fingerprint density at radius 1 is 0.259 bits per heavy atom. The second kappa shape index (κ2) is 20.8. The van der Waals surface area contributed by atoms with Gasteiger partial charge < -0.3 is 18.6 Å². The Morgan fingerprint density at radius 2 is 0.593 bits per heavy atom. The summed E-state index contributed by atoms with van der Waals surface area (Å²) in [6.07, 6.45) is 27.2. The summed E-state index contributed by atoms with van der Waals surface area (Å²) in [6.45, 7) is 0. The largest absolute Gasteiger partial charge is 0.454 e. The van der Waals surface area contributed by atoms with Gasteiger partial charge >= 0.3 is 0 Å². The smallest absolute Gasteiger partial charge is 0.159 e. The molecule has 4 nitrogen and oxygen atoms in total. The van der Waals surface area contributed by atoms with Crippen LogP contribution in [0.15, 0.2) is 179 Å². The average Bonchev–Trinajstić information content (AvgIpc) is 4.17. The van der Waals surface area contributed by atoms with E-state index in [9.17, 15) is 0 Å². The van der Waals surface area contributed by atoms with Crippen LogP contribution in [0.3, 0.4) is 0 Å². The molecule has 16 rings (SSSR count). The normalized spacial score (nSPS) is 17.6. The third kappa shape index (κ3) is 8.52. The van der Waals surface area contributed by atoms with Crippen molar-refractivity contribution in [3.05, 3.63) is 192 Å². The third-order valence-electron chi connectivity index (χ3n) is 20.4. The van der Waals surface area contributed by atoms with E-state index in [-0.39, 0.29) is 0 Å². The number of benzene rings is 10. The second-order valence-corrected chi connectivity index (χ2v) is 25.1. The first-order valence-corrected chi connectivity index (χ1v) is 31.6. The van der Waals surface area contributed by atoms with Gasteiger partial charge in [-0.1, -0.05) is 205 Å². The lowest BCUT2D eigenvalue weighted by atomic mass is 9.83. The maximum Gasteiger partial charge on any atom is 0.159 e. The van der Waals surface area contributed by atoms with Gasteiger partial charge in [-0.25, -0.2) is 0 Å². The van der Waals surface area contributed by atoms with Crippen molar-refractivity contribution in [2.45, 2.75) is 159 Å². The molecule has 0 saturated heterocycles. The molecule has 2 heterocycles. The van der Waals surface area contributed by atoms with E-state index in [2.05, 4.69) is 180 Å². The molecule has 0 N–H and O–H groups in total. The summed E-state index contributed by atoms with van der Waals surface area (Å²) in [5, 5.41) is 12.3. The highest BCUT2D eigenvalue weighted by molar-refractivity contribution is 6.29. The average molecular weight is 1060 g/mol. The molecule has 0 aliphatic heterocycles. The zero-order valence-electron chi connectivity index (χ0n) is 47.0. The Morgan fingerprint density at radius 3 is 0.988 bits per heavy atom. The van der Waals surface area contributed by atoms with E-state index in [1.807, 2.05) is 0 Å². The van der Waals surface area contributed by atoms with E-state index < -0.39 is 0 Å². The number of nitrogens with zero attached hydrogens (tertiary/aromatic N) is 2. The number of para-hydroxylation sites is 4. The summed E-state index contributed by atoms with van der Waals surface area (Å²) in [6, 6.07) is 65.8. The molecule has 2 aromatic heterocycles. The molecule has 0 spiro atoms. The molecule has 0 bridgehead atoms. The predicted octanol–water partition coefficient (Wildman–Crippen LogP) is 23.9. The van der Waals surface area contributed by atoms with Crippen molar-refractivity contribution < 1.29 is 8.83 Å². The molecular formula is C77H74N2O2. The Kier molecular flexibility index (Phi) is 12.6. The fraction of sp³-hybridized carbons (Fsp3) is 0.325. The van der Waals surface area contributed by atoms with E-state index in [4.69, 9.17) is 8.83 Å². The van der Waals surface area contributed by atoms with Gasteiger partial charge in [0.25, 0.3) is 0 Å². The monoisotopic (exact) mass is 1060 g/mol. The molecule has 4 saturated carbocycles. The highest BCUT2D eigenvalue weighted by atomic mass is 16.3. The van der Waals surface area contributed by atoms with Crippen LogP contribution in [0.4, 0.5) is 34.1 Å². The van der Waals surface area contributed by atoms with Crippen LogP contribution in [0.1, 0.15) is 181 Å². The van der Waals surface area contributed by atoms with Crippen molar-refractivity contribution in [2.24, 2.45) is 0 Å². The van der Waals surface area contributed by atoms with Crippen LogP contribution in [0.25, 0.3) is 76.2 Å².